The van der Waals surface area contributed by atoms with Crippen LogP contribution in [-0.2, 0) is 0 Å². The van der Waals surface area contributed by atoms with E-state index in [1.807, 2.05) is 25.1 Å². The minimum Gasteiger partial charge on any atom is -0.367 e. The summed E-state index contributed by atoms with van der Waals surface area (Å²) in [6, 6.07) is 8.52. The summed E-state index contributed by atoms with van der Waals surface area (Å²) in [5, 5.41) is 7.75. The van der Waals surface area contributed by atoms with Gasteiger partial charge in [-0.05, 0) is 32.4 Å². The van der Waals surface area contributed by atoms with Gasteiger partial charge in [0.2, 0.25) is 5.95 Å². The van der Waals surface area contributed by atoms with Gasteiger partial charge in [0.05, 0.1) is 5.52 Å². The number of hydrogen-bond donors (Lipinski definition) is 2. The second kappa shape index (κ2) is 6.36. The van der Waals surface area contributed by atoms with Crippen LogP contribution in [0.4, 0.5) is 11.8 Å². The van der Waals surface area contributed by atoms with E-state index in [2.05, 4.69) is 40.5 Å². The lowest BCUT2D eigenvalue weighted by Gasteiger charge is -2.16. The molecule has 1 atom stereocenters. The molecular formula is C15H22N4. The Morgan fingerprint density at radius 3 is 2.68 bits per heavy atom. The van der Waals surface area contributed by atoms with E-state index in [1.165, 1.54) is 0 Å². The van der Waals surface area contributed by atoms with Crippen LogP contribution in [-0.4, -0.2) is 22.6 Å². The van der Waals surface area contributed by atoms with Crippen LogP contribution in [0.5, 0.6) is 0 Å². The monoisotopic (exact) mass is 258 g/mol. The first-order valence-corrected chi connectivity index (χ1v) is 7.01. The van der Waals surface area contributed by atoms with E-state index in [4.69, 9.17) is 0 Å². The Labute approximate surface area is 114 Å². The van der Waals surface area contributed by atoms with E-state index < -0.39 is 0 Å². The zero-order valence-corrected chi connectivity index (χ0v) is 11.9. The fourth-order valence-electron chi connectivity index (χ4n) is 2.16. The lowest BCUT2D eigenvalue weighted by molar-refractivity contribution is 0.688. The van der Waals surface area contributed by atoms with Crippen molar-refractivity contribution in [2.75, 3.05) is 17.2 Å². The van der Waals surface area contributed by atoms with Gasteiger partial charge in [0.25, 0.3) is 0 Å². The minimum atomic E-state index is 0.415. The SMILES string of the molecule is CCCC(C)Nc1nc(NCC)nc2ccccc12. The predicted octanol–water partition coefficient (Wildman–Crippen LogP) is 3.66. The molecule has 0 aliphatic carbocycles. The highest BCUT2D eigenvalue weighted by molar-refractivity contribution is 5.90. The first-order chi connectivity index (χ1) is 9.24. The maximum Gasteiger partial charge on any atom is 0.225 e. The van der Waals surface area contributed by atoms with Gasteiger partial charge in [0.15, 0.2) is 0 Å². The Hall–Kier alpha value is -1.84. The van der Waals surface area contributed by atoms with Crippen molar-refractivity contribution in [3.05, 3.63) is 24.3 Å². The van der Waals surface area contributed by atoms with Gasteiger partial charge in [-0.15, -0.1) is 0 Å². The fraction of sp³-hybridized carbons (Fsp3) is 0.467. The van der Waals surface area contributed by atoms with E-state index in [1.54, 1.807) is 0 Å². The molecular weight excluding hydrogens is 236 g/mol. The van der Waals surface area contributed by atoms with Crippen molar-refractivity contribution >= 4 is 22.7 Å². The van der Waals surface area contributed by atoms with Crippen molar-refractivity contribution in [3.63, 3.8) is 0 Å². The van der Waals surface area contributed by atoms with E-state index in [9.17, 15) is 0 Å². The van der Waals surface area contributed by atoms with Gasteiger partial charge < -0.3 is 10.6 Å². The first kappa shape index (κ1) is 13.6. The van der Waals surface area contributed by atoms with Gasteiger partial charge in [-0.25, -0.2) is 4.98 Å². The third-order valence-corrected chi connectivity index (χ3v) is 3.04. The van der Waals surface area contributed by atoms with Crippen LogP contribution in [0.2, 0.25) is 0 Å². The van der Waals surface area contributed by atoms with Crippen LogP contribution >= 0.6 is 0 Å². The molecule has 2 N–H and O–H groups in total. The zero-order chi connectivity index (χ0) is 13.7. The average Bonchev–Trinajstić information content (AvgIpc) is 2.39. The smallest absolute Gasteiger partial charge is 0.225 e. The maximum atomic E-state index is 4.58. The molecule has 19 heavy (non-hydrogen) atoms. The number of nitrogens with zero attached hydrogens (tertiary/aromatic N) is 2. The molecule has 2 aromatic rings. The highest BCUT2D eigenvalue weighted by Gasteiger charge is 2.09. The van der Waals surface area contributed by atoms with Gasteiger partial charge in [0.1, 0.15) is 5.82 Å². The van der Waals surface area contributed by atoms with Crippen LogP contribution in [0, 0.1) is 0 Å². The van der Waals surface area contributed by atoms with Gasteiger partial charge in [0, 0.05) is 18.0 Å². The lowest BCUT2D eigenvalue weighted by Crippen LogP contribution is -2.16. The van der Waals surface area contributed by atoms with E-state index in [0.29, 0.717) is 12.0 Å². The summed E-state index contributed by atoms with van der Waals surface area (Å²) in [7, 11) is 0. The van der Waals surface area contributed by atoms with Crippen molar-refractivity contribution in [3.8, 4) is 0 Å². The average molecular weight is 258 g/mol. The van der Waals surface area contributed by atoms with Gasteiger partial charge in [-0.3, -0.25) is 0 Å². The Balaban J connectivity index is 2.38. The molecule has 0 bridgehead atoms. The lowest BCUT2D eigenvalue weighted by atomic mass is 10.2. The maximum absolute atomic E-state index is 4.58. The van der Waals surface area contributed by atoms with Gasteiger partial charge in [-0.1, -0.05) is 25.5 Å². The standard InChI is InChI=1S/C15H22N4/c1-4-8-11(3)17-14-12-9-6-7-10-13(12)18-15(19-14)16-5-2/h6-7,9-11H,4-5,8H2,1-3H3,(H2,16,17,18,19). The van der Waals surface area contributed by atoms with Crippen molar-refractivity contribution in [1.82, 2.24) is 9.97 Å². The number of benzene rings is 1. The molecule has 0 amide bonds. The molecule has 1 heterocycles. The second-order valence-corrected chi connectivity index (χ2v) is 4.78. The Morgan fingerprint density at radius 1 is 1.16 bits per heavy atom. The molecule has 0 radical (unpaired) electrons. The molecule has 0 saturated heterocycles. The van der Waals surface area contributed by atoms with Crippen LogP contribution in [0.15, 0.2) is 24.3 Å². The molecule has 0 saturated carbocycles. The van der Waals surface area contributed by atoms with Crippen LogP contribution < -0.4 is 10.6 Å². The molecule has 0 fully saturated rings. The van der Waals surface area contributed by atoms with Crippen molar-refractivity contribution < 1.29 is 0 Å². The number of fused-ring (bicyclic) bond motifs is 1. The van der Waals surface area contributed by atoms with Crippen molar-refractivity contribution in [2.45, 2.75) is 39.7 Å². The number of nitrogens with one attached hydrogen (secondary N) is 2. The largest absolute Gasteiger partial charge is 0.367 e. The summed E-state index contributed by atoms with van der Waals surface area (Å²) >= 11 is 0. The van der Waals surface area contributed by atoms with E-state index >= 15 is 0 Å². The van der Waals surface area contributed by atoms with Gasteiger partial charge >= 0.3 is 0 Å². The topological polar surface area (TPSA) is 49.8 Å². The summed E-state index contributed by atoms with van der Waals surface area (Å²) in [6.07, 6.45) is 2.30. The minimum absolute atomic E-state index is 0.415. The number of aromatic nitrogens is 2. The molecule has 102 valence electrons. The molecule has 0 spiro atoms. The normalized spacial score (nSPS) is 12.4. The van der Waals surface area contributed by atoms with Crippen molar-refractivity contribution in [2.24, 2.45) is 0 Å². The molecule has 1 aromatic heterocycles. The Morgan fingerprint density at radius 2 is 1.95 bits per heavy atom. The molecule has 4 nitrogen and oxygen atoms in total. The molecule has 2 rings (SSSR count). The molecule has 0 aliphatic heterocycles. The zero-order valence-electron chi connectivity index (χ0n) is 11.9. The van der Waals surface area contributed by atoms with Crippen molar-refractivity contribution in [1.29, 1.82) is 0 Å². The summed E-state index contributed by atoms with van der Waals surface area (Å²) in [5.74, 6) is 1.61. The number of anilines is 2. The third kappa shape index (κ3) is 3.34. The second-order valence-electron chi connectivity index (χ2n) is 4.78. The van der Waals surface area contributed by atoms with Crippen LogP contribution in [0.25, 0.3) is 10.9 Å². The van der Waals surface area contributed by atoms with Gasteiger partial charge in [-0.2, -0.15) is 4.98 Å². The summed E-state index contributed by atoms with van der Waals surface area (Å²) in [6.45, 7) is 7.25. The molecule has 0 aliphatic rings. The fourth-order valence-corrected chi connectivity index (χ4v) is 2.16. The Bertz CT molecular complexity index is 539. The summed E-state index contributed by atoms with van der Waals surface area (Å²) in [4.78, 5) is 9.10. The Kier molecular flexibility index (Phi) is 4.55. The van der Waals surface area contributed by atoms with E-state index in [-0.39, 0.29) is 0 Å². The highest BCUT2D eigenvalue weighted by atomic mass is 15.1. The number of hydrogen-bond acceptors (Lipinski definition) is 4. The quantitative estimate of drug-likeness (QED) is 0.830. The molecule has 1 aromatic carbocycles. The summed E-state index contributed by atoms with van der Waals surface area (Å²) in [5.41, 5.74) is 0.972. The highest BCUT2D eigenvalue weighted by Crippen LogP contribution is 2.22. The predicted molar refractivity (Wildman–Crippen MR) is 81.7 cm³/mol. The van der Waals surface area contributed by atoms with Crippen LogP contribution in [0.3, 0.4) is 0 Å². The van der Waals surface area contributed by atoms with E-state index in [0.717, 1.165) is 36.1 Å². The number of rotatable bonds is 6. The third-order valence-electron chi connectivity index (χ3n) is 3.04. The van der Waals surface area contributed by atoms with Crippen LogP contribution in [0.1, 0.15) is 33.6 Å². The molecule has 4 heteroatoms. The molecule has 1 unspecified atom stereocenters. The first-order valence-electron chi connectivity index (χ1n) is 7.01. The summed E-state index contributed by atoms with van der Waals surface area (Å²) < 4.78 is 0. The number of para-hydroxylation sites is 1.